The van der Waals surface area contributed by atoms with Crippen molar-refractivity contribution in [3.8, 4) is 0 Å². The third-order valence-corrected chi connectivity index (χ3v) is 3.70. The van der Waals surface area contributed by atoms with Gasteiger partial charge in [-0.2, -0.15) is 0 Å². The van der Waals surface area contributed by atoms with E-state index in [1.807, 2.05) is 0 Å². The smallest absolute Gasteiger partial charge is 0.318 e. The summed E-state index contributed by atoms with van der Waals surface area (Å²) in [5, 5.41) is 11.8. The van der Waals surface area contributed by atoms with Crippen molar-refractivity contribution in [1.29, 1.82) is 0 Å². The highest BCUT2D eigenvalue weighted by Gasteiger charge is 2.18. The molecule has 1 atom stereocenters. The van der Waals surface area contributed by atoms with Gasteiger partial charge in [-0.05, 0) is 27.7 Å². The molecule has 0 aromatic carbocycles. The van der Waals surface area contributed by atoms with Crippen LogP contribution in [-0.4, -0.2) is 34.1 Å². The summed E-state index contributed by atoms with van der Waals surface area (Å²) in [7, 11) is 1.38. The molecule has 0 saturated carbocycles. The molecule has 0 radical (unpaired) electrons. The number of aromatic nitrogens is 2. The van der Waals surface area contributed by atoms with Crippen molar-refractivity contribution >= 4 is 34.2 Å². The number of nitrogens with zero attached hydrogens (tertiary/aromatic N) is 2. The fourth-order valence-corrected chi connectivity index (χ4v) is 3.13. The minimum Gasteiger partial charge on any atom is -0.468 e. The molecule has 0 bridgehead atoms. The zero-order valence-electron chi connectivity index (χ0n) is 10.6. The van der Waals surface area contributed by atoms with Crippen molar-refractivity contribution in [2.45, 2.75) is 42.8 Å². The van der Waals surface area contributed by atoms with Crippen LogP contribution in [0, 0.1) is 0 Å². The highest BCUT2D eigenvalue weighted by molar-refractivity contribution is 8.02. The van der Waals surface area contributed by atoms with E-state index >= 15 is 0 Å². The minimum atomic E-state index is -0.268. The molecule has 1 rings (SSSR count). The lowest BCUT2D eigenvalue weighted by Crippen LogP contribution is -2.25. The second kappa shape index (κ2) is 5.68. The highest BCUT2D eigenvalue weighted by atomic mass is 32.2. The predicted octanol–water partition coefficient (Wildman–Crippen LogP) is 2.40. The molecule has 5 nitrogen and oxygen atoms in total. The third kappa shape index (κ3) is 4.91. The number of esters is 1. The molecule has 0 saturated heterocycles. The molecule has 0 aliphatic carbocycles. The fourth-order valence-electron chi connectivity index (χ4n) is 0.994. The number of rotatable bonds is 4. The van der Waals surface area contributed by atoms with E-state index in [2.05, 4.69) is 41.0 Å². The van der Waals surface area contributed by atoms with Gasteiger partial charge in [0.05, 0.1) is 7.11 Å². The van der Waals surface area contributed by atoms with Crippen LogP contribution in [0.5, 0.6) is 0 Å². The molecule has 96 valence electrons. The average Bonchev–Trinajstić information content (AvgIpc) is 2.61. The summed E-state index contributed by atoms with van der Waals surface area (Å²) in [5.74, 6) is -0.254. The van der Waals surface area contributed by atoms with Gasteiger partial charge in [0, 0.05) is 5.54 Å². The molecule has 1 unspecified atom stereocenters. The number of ether oxygens (including phenoxy) is 1. The van der Waals surface area contributed by atoms with E-state index in [-0.39, 0.29) is 16.8 Å². The van der Waals surface area contributed by atoms with Gasteiger partial charge >= 0.3 is 5.97 Å². The second-order valence-electron chi connectivity index (χ2n) is 4.53. The Hall–Kier alpha value is -0.820. The summed E-state index contributed by atoms with van der Waals surface area (Å²) in [6.45, 7) is 7.95. The van der Waals surface area contributed by atoms with E-state index in [1.165, 1.54) is 30.2 Å². The van der Waals surface area contributed by atoms with Gasteiger partial charge in [0.25, 0.3) is 0 Å². The van der Waals surface area contributed by atoms with E-state index in [9.17, 15) is 4.79 Å². The Morgan fingerprint density at radius 3 is 2.65 bits per heavy atom. The average molecular weight is 275 g/mol. The van der Waals surface area contributed by atoms with Gasteiger partial charge in [0.2, 0.25) is 5.13 Å². The van der Waals surface area contributed by atoms with Gasteiger partial charge in [0.1, 0.15) is 5.25 Å². The number of thioether (sulfide) groups is 1. The van der Waals surface area contributed by atoms with Crippen LogP contribution in [0.25, 0.3) is 0 Å². The normalized spacial score (nSPS) is 13.2. The van der Waals surface area contributed by atoms with Gasteiger partial charge in [0.15, 0.2) is 4.34 Å². The van der Waals surface area contributed by atoms with Crippen LogP contribution in [0.3, 0.4) is 0 Å². The summed E-state index contributed by atoms with van der Waals surface area (Å²) in [6.07, 6.45) is 0. The second-order valence-corrected chi connectivity index (χ2v) is 7.10. The molecule has 0 amide bonds. The van der Waals surface area contributed by atoms with Crippen LogP contribution in [0.1, 0.15) is 27.7 Å². The molecule has 7 heteroatoms. The zero-order chi connectivity index (χ0) is 13.1. The lowest BCUT2D eigenvalue weighted by molar-refractivity contribution is -0.139. The third-order valence-electron chi connectivity index (χ3n) is 1.70. The first-order chi connectivity index (χ1) is 7.81. The van der Waals surface area contributed by atoms with Crippen LogP contribution in [0.4, 0.5) is 5.13 Å². The first kappa shape index (κ1) is 14.2. The van der Waals surface area contributed by atoms with Crippen LogP contribution in [0.2, 0.25) is 0 Å². The SMILES string of the molecule is COC(=O)C(C)Sc1nnc(NC(C)(C)C)s1. The number of carbonyl (C=O) groups is 1. The molecule has 1 aromatic rings. The summed E-state index contributed by atoms with van der Waals surface area (Å²) in [6, 6.07) is 0. The Morgan fingerprint density at radius 1 is 1.47 bits per heavy atom. The Morgan fingerprint density at radius 2 is 2.12 bits per heavy atom. The van der Waals surface area contributed by atoms with Crippen molar-refractivity contribution in [2.75, 3.05) is 12.4 Å². The number of hydrogen-bond donors (Lipinski definition) is 1. The van der Waals surface area contributed by atoms with Gasteiger partial charge in [-0.15, -0.1) is 10.2 Å². The lowest BCUT2D eigenvalue weighted by Gasteiger charge is -2.18. The standard InChI is InChI=1S/C10H17N3O2S2/c1-6(7(14)15-5)16-9-13-12-8(17-9)11-10(2,3)4/h6H,1-5H3,(H,11,12). The molecule has 17 heavy (non-hydrogen) atoms. The monoisotopic (exact) mass is 275 g/mol. The molecule has 1 N–H and O–H groups in total. The summed E-state index contributed by atoms with van der Waals surface area (Å²) < 4.78 is 5.41. The van der Waals surface area contributed by atoms with Crippen molar-refractivity contribution in [2.24, 2.45) is 0 Å². The number of methoxy groups -OCH3 is 1. The van der Waals surface area contributed by atoms with Crippen molar-refractivity contribution in [3.63, 3.8) is 0 Å². The van der Waals surface area contributed by atoms with Crippen molar-refractivity contribution in [1.82, 2.24) is 10.2 Å². The lowest BCUT2D eigenvalue weighted by atomic mass is 10.1. The van der Waals surface area contributed by atoms with Gasteiger partial charge in [-0.3, -0.25) is 4.79 Å². The molecular formula is C10H17N3O2S2. The molecule has 0 fully saturated rings. The largest absolute Gasteiger partial charge is 0.468 e. The number of nitrogens with one attached hydrogen (secondary N) is 1. The molecule has 0 spiro atoms. The van der Waals surface area contributed by atoms with Crippen LogP contribution >= 0.6 is 23.1 Å². The first-order valence-corrected chi connectivity index (χ1v) is 6.87. The molecule has 1 aromatic heterocycles. The summed E-state index contributed by atoms with van der Waals surface area (Å²) in [4.78, 5) is 11.2. The van der Waals surface area contributed by atoms with E-state index in [1.54, 1.807) is 6.92 Å². The molecular weight excluding hydrogens is 258 g/mol. The highest BCUT2D eigenvalue weighted by Crippen LogP contribution is 2.30. The van der Waals surface area contributed by atoms with E-state index in [0.29, 0.717) is 0 Å². The molecule has 1 heterocycles. The molecule has 0 aliphatic rings. The van der Waals surface area contributed by atoms with E-state index in [4.69, 9.17) is 0 Å². The van der Waals surface area contributed by atoms with Gasteiger partial charge in [-0.1, -0.05) is 23.1 Å². The van der Waals surface area contributed by atoms with E-state index in [0.717, 1.165) is 9.47 Å². The maximum absolute atomic E-state index is 11.2. The van der Waals surface area contributed by atoms with Crippen LogP contribution in [0.15, 0.2) is 4.34 Å². The summed E-state index contributed by atoms with van der Waals surface area (Å²) >= 11 is 2.79. The maximum Gasteiger partial charge on any atom is 0.318 e. The summed E-state index contributed by atoms with van der Waals surface area (Å²) in [5.41, 5.74) is -0.0462. The predicted molar refractivity (Wildman–Crippen MR) is 70.6 cm³/mol. The van der Waals surface area contributed by atoms with Crippen LogP contribution in [-0.2, 0) is 9.53 Å². The minimum absolute atomic E-state index is 0.0462. The van der Waals surface area contributed by atoms with E-state index < -0.39 is 0 Å². The maximum atomic E-state index is 11.2. The topological polar surface area (TPSA) is 64.1 Å². The fraction of sp³-hybridized carbons (Fsp3) is 0.700. The number of carbonyl (C=O) groups excluding carboxylic acids is 1. The Balaban J connectivity index is 2.60. The Kier molecular flexibility index (Phi) is 4.76. The number of hydrogen-bond acceptors (Lipinski definition) is 7. The van der Waals surface area contributed by atoms with Gasteiger partial charge < -0.3 is 10.1 Å². The Labute approximate surface area is 109 Å². The zero-order valence-corrected chi connectivity index (χ0v) is 12.2. The van der Waals surface area contributed by atoms with Gasteiger partial charge in [-0.25, -0.2) is 0 Å². The van der Waals surface area contributed by atoms with Crippen molar-refractivity contribution < 1.29 is 9.53 Å². The first-order valence-electron chi connectivity index (χ1n) is 5.18. The molecule has 0 aliphatic heterocycles. The number of anilines is 1. The van der Waals surface area contributed by atoms with Crippen molar-refractivity contribution in [3.05, 3.63) is 0 Å². The Bertz CT molecular complexity index is 387. The quantitative estimate of drug-likeness (QED) is 0.672. The van der Waals surface area contributed by atoms with Crippen LogP contribution < -0.4 is 5.32 Å².